The molecule has 0 bridgehead atoms. The van der Waals surface area contributed by atoms with Crippen LogP contribution in [0.5, 0.6) is 0 Å². The van der Waals surface area contributed by atoms with Crippen LogP contribution in [0.15, 0.2) is 0 Å². The summed E-state index contributed by atoms with van der Waals surface area (Å²) in [4.78, 5) is 0. The van der Waals surface area contributed by atoms with Crippen molar-refractivity contribution in [1.29, 1.82) is 15.8 Å². The SMILES string of the molecule is N#C[O-].N#C[O-].N#C[O-].[In+3]. The quantitative estimate of drug-likeness (QED) is 0.397. The standard InChI is InChI=1S/3CHNO.In/c3*2-1-3;/h3*3H;/q;;;+3/p-3. The average molecular weight is 241 g/mol. The smallest absolute Gasteiger partial charge is 0.812 e. The first-order valence-electron chi connectivity index (χ1n) is 1.28. The Balaban J connectivity index is -0.0000000257. The van der Waals surface area contributed by atoms with Gasteiger partial charge in [-0.15, -0.1) is 0 Å². The van der Waals surface area contributed by atoms with E-state index in [2.05, 4.69) is 0 Å². The van der Waals surface area contributed by atoms with Crippen LogP contribution in [0.25, 0.3) is 0 Å². The molecule has 0 heterocycles. The molecule has 0 fully saturated rings. The van der Waals surface area contributed by atoms with Crippen LogP contribution in [-0.4, -0.2) is 25.8 Å². The van der Waals surface area contributed by atoms with E-state index < -0.39 is 0 Å². The van der Waals surface area contributed by atoms with Crippen molar-refractivity contribution in [3.8, 4) is 18.8 Å². The van der Waals surface area contributed by atoms with Crippen molar-refractivity contribution in [2.24, 2.45) is 0 Å². The Morgan fingerprint density at radius 3 is 0.700 bits per heavy atom. The van der Waals surface area contributed by atoms with Gasteiger partial charge in [0.1, 0.15) is 0 Å². The topological polar surface area (TPSA) is 141 Å². The molecule has 0 unspecified atom stereocenters. The van der Waals surface area contributed by atoms with Gasteiger partial charge in [0.15, 0.2) is 0 Å². The van der Waals surface area contributed by atoms with Gasteiger partial charge in [-0.25, -0.2) is 15.8 Å². The van der Waals surface area contributed by atoms with E-state index >= 15 is 0 Å². The molecule has 0 aliphatic rings. The third-order valence-corrected chi connectivity index (χ3v) is 0. The Morgan fingerprint density at radius 2 is 0.700 bits per heavy atom. The molecule has 0 aromatic heterocycles. The molecule has 48 valence electrons. The maximum absolute atomic E-state index is 8.24. The van der Waals surface area contributed by atoms with Crippen molar-refractivity contribution in [3.05, 3.63) is 0 Å². The number of hydrogen-bond acceptors (Lipinski definition) is 6. The summed E-state index contributed by atoms with van der Waals surface area (Å²) in [7, 11) is 0. The maximum Gasteiger partial charge on any atom is 3.00 e. The van der Waals surface area contributed by atoms with E-state index in [4.69, 9.17) is 31.1 Å². The van der Waals surface area contributed by atoms with Crippen LogP contribution < -0.4 is 15.3 Å². The van der Waals surface area contributed by atoms with Crippen LogP contribution in [-0.2, 0) is 0 Å². The molecule has 6 nitrogen and oxygen atoms in total. The van der Waals surface area contributed by atoms with Gasteiger partial charge in [0, 0.05) is 18.8 Å². The molecule has 0 radical (unpaired) electrons. The minimum absolute atomic E-state index is 0. The van der Waals surface area contributed by atoms with Crippen LogP contribution in [0.4, 0.5) is 0 Å². The van der Waals surface area contributed by atoms with Gasteiger partial charge in [-0.3, -0.25) is 0 Å². The van der Waals surface area contributed by atoms with E-state index in [0.717, 1.165) is 0 Å². The van der Waals surface area contributed by atoms with Crippen LogP contribution in [0, 0.1) is 34.6 Å². The molecule has 0 aliphatic heterocycles. The van der Waals surface area contributed by atoms with Crippen LogP contribution in [0.1, 0.15) is 0 Å². The maximum atomic E-state index is 8.24. The first-order valence-corrected chi connectivity index (χ1v) is 1.28. The summed E-state index contributed by atoms with van der Waals surface area (Å²) >= 11 is 0. The molecule has 0 aromatic carbocycles. The molecular weight excluding hydrogens is 241 g/mol. The summed E-state index contributed by atoms with van der Waals surface area (Å²) in [6.45, 7) is 0. The molecule has 0 spiro atoms. The van der Waals surface area contributed by atoms with Gasteiger partial charge in [-0.1, -0.05) is 0 Å². The van der Waals surface area contributed by atoms with Gasteiger partial charge in [-0.2, -0.15) is 0 Å². The zero-order valence-electron chi connectivity index (χ0n) is 4.64. The fourth-order valence-corrected chi connectivity index (χ4v) is 0. The van der Waals surface area contributed by atoms with E-state index in [1.807, 2.05) is 0 Å². The zero-order valence-corrected chi connectivity index (χ0v) is 7.94. The van der Waals surface area contributed by atoms with Crippen molar-refractivity contribution in [1.82, 2.24) is 0 Å². The summed E-state index contributed by atoms with van der Waals surface area (Å²) in [6, 6.07) is 0. The Bertz CT molecular complexity index is 112. The molecule has 0 saturated carbocycles. The van der Waals surface area contributed by atoms with Crippen molar-refractivity contribution in [3.63, 3.8) is 0 Å². The third kappa shape index (κ3) is 140. The molecule has 0 N–H and O–H groups in total. The minimum atomic E-state index is 0. The normalized spacial score (nSPS) is 2.10. The summed E-state index contributed by atoms with van der Waals surface area (Å²) in [5, 5.41) is 45.0. The van der Waals surface area contributed by atoms with Gasteiger partial charge in [-0.05, 0) is 0 Å². The largest absolute Gasteiger partial charge is 3.00 e. The number of hydrogen-bond donors (Lipinski definition) is 0. The van der Waals surface area contributed by atoms with E-state index in [0.29, 0.717) is 18.8 Å². The first kappa shape index (κ1) is 23.3. The van der Waals surface area contributed by atoms with Crippen molar-refractivity contribution >= 4 is 25.8 Å². The average Bonchev–Trinajstić information content (AvgIpc) is 1.70. The molecule has 0 aromatic rings. The Morgan fingerprint density at radius 1 is 0.700 bits per heavy atom. The Hall–Kier alpha value is -1.26. The second-order valence-electron chi connectivity index (χ2n) is 0.274. The third-order valence-electron chi connectivity index (χ3n) is 0. The number of nitriles is 3. The monoisotopic (exact) mass is 241 g/mol. The molecule has 0 aliphatic carbocycles. The second kappa shape index (κ2) is 116. The molecule has 0 rings (SSSR count). The van der Waals surface area contributed by atoms with Crippen LogP contribution in [0.2, 0.25) is 0 Å². The molecule has 0 amide bonds. The molecule has 10 heavy (non-hydrogen) atoms. The fourth-order valence-electron chi connectivity index (χ4n) is 0. The van der Waals surface area contributed by atoms with Crippen LogP contribution >= 0.6 is 0 Å². The molecule has 7 heteroatoms. The zero-order chi connectivity index (χ0) is 8.12. The fraction of sp³-hybridized carbons (Fsp3) is 0. The first-order chi connectivity index (χ1) is 4.24. The summed E-state index contributed by atoms with van der Waals surface area (Å²) in [5.41, 5.74) is 0. The van der Waals surface area contributed by atoms with Gasteiger partial charge in [0.2, 0.25) is 0 Å². The summed E-state index contributed by atoms with van der Waals surface area (Å²) in [5.74, 6) is 0. The van der Waals surface area contributed by atoms with Gasteiger partial charge >= 0.3 is 25.8 Å². The van der Waals surface area contributed by atoms with Crippen molar-refractivity contribution < 1.29 is 15.3 Å². The molecule has 0 atom stereocenters. The molecule has 0 saturated heterocycles. The van der Waals surface area contributed by atoms with Gasteiger partial charge in [0.05, 0.1) is 0 Å². The van der Waals surface area contributed by atoms with E-state index in [1.54, 1.807) is 0 Å². The predicted molar refractivity (Wildman–Crippen MR) is 22.6 cm³/mol. The predicted octanol–water partition coefficient (Wildman–Crippen LogP) is -3.90. The molecular formula is C3InN3O3. The number of nitrogens with zero attached hydrogens (tertiary/aromatic N) is 3. The van der Waals surface area contributed by atoms with Gasteiger partial charge < -0.3 is 15.3 Å². The van der Waals surface area contributed by atoms with E-state index in [-0.39, 0.29) is 25.8 Å². The van der Waals surface area contributed by atoms with Gasteiger partial charge in [0.25, 0.3) is 0 Å². The van der Waals surface area contributed by atoms with E-state index in [1.165, 1.54) is 0 Å². The Labute approximate surface area is 75.9 Å². The summed E-state index contributed by atoms with van der Waals surface area (Å²) < 4.78 is 0. The van der Waals surface area contributed by atoms with E-state index in [9.17, 15) is 0 Å². The number of rotatable bonds is 0. The van der Waals surface area contributed by atoms with Crippen LogP contribution in [0.3, 0.4) is 0 Å². The second-order valence-corrected chi connectivity index (χ2v) is 0.274. The minimum Gasteiger partial charge on any atom is -0.812 e. The van der Waals surface area contributed by atoms with Crippen molar-refractivity contribution in [2.75, 3.05) is 0 Å². The van der Waals surface area contributed by atoms with Crippen molar-refractivity contribution in [2.45, 2.75) is 0 Å². The summed E-state index contributed by atoms with van der Waals surface area (Å²) in [6.07, 6.45) is 1.50. The Kier molecular flexibility index (Phi) is 271.